The van der Waals surface area contributed by atoms with Crippen LogP contribution in [0.1, 0.15) is 15.2 Å². The molecule has 1 aromatic heterocycles. The van der Waals surface area contributed by atoms with E-state index in [9.17, 15) is 9.59 Å². The van der Waals surface area contributed by atoms with E-state index >= 15 is 0 Å². The van der Waals surface area contributed by atoms with E-state index in [2.05, 4.69) is 10.9 Å². The van der Waals surface area contributed by atoms with E-state index in [0.29, 0.717) is 26.4 Å². The highest BCUT2D eigenvalue weighted by Gasteiger charge is 2.18. The molecule has 2 N–H and O–H groups in total. The summed E-state index contributed by atoms with van der Waals surface area (Å²) in [5.41, 5.74) is 5.48. The van der Waals surface area contributed by atoms with Gasteiger partial charge in [-0.15, -0.1) is 11.3 Å². The van der Waals surface area contributed by atoms with Crippen LogP contribution in [0.3, 0.4) is 0 Å². The molecule has 0 saturated carbocycles. The third-order valence-corrected chi connectivity index (χ3v) is 5.94. The summed E-state index contributed by atoms with van der Waals surface area (Å²) in [5, 5.41) is 1.68. The van der Waals surface area contributed by atoms with Crippen molar-refractivity contribution in [1.82, 2.24) is 10.9 Å². The number of carbonyl (C=O) groups is 2. The number of nitrogens with one attached hydrogen (secondary N) is 2. The molecule has 0 aliphatic rings. The van der Waals surface area contributed by atoms with Crippen molar-refractivity contribution in [2.75, 3.05) is 13.7 Å². The van der Waals surface area contributed by atoms with E-state index in [-0.39, 0.29) is 6.61 Å². The molecule has 0 unspecified atom stereocenters. The standard InChI is InChI=1S/C19H16Cl2N2O4S/c1-10-7-12(4-6-14(10)20)27-9-16(24)22-23-19(25)18-17(21)13-5-3-11(26-2)8-15(13)28-18/h3-8H,9H2,1-2H3,(H,22,24)(H,23,25). The molecule has 6 nitrogen and oxygen atoms in total. The van der Waals surface area contributed by atoms with Crippen molar-refractivity contribution in [3.05, 3.63) is 56.9 Å². The normalized spacial score (nSPS) is 10.6. The van der Waals surface area contributed by atoms with Crippen LogP contribution >= 0.6 is 34.5 Å². The summed E-state index contributed by atoms with van der Waals surface area (Å²) in [5.74, 6) is 0.144. The zero-order valence-corrected chi connectivity index (χ0v) is 17.3. The van der Waals surface area contributed by atoms with Gasteiger partial charge >= 0.3 is 0 Å². The van der Waals surface area contributed by atoms with Crippen molar-refractivity contribution in [3.63, 3.8) is 0 Å². The van der Waals surface area contributed by atoms with Crippen molar-refractivity contribution in [1.29, 1.82) is 0 Å². The summed E-state index contributed by atoms with van der Waals surface area (Å²) in [7, 11) is 1.56. The Morgan fingerprint density at radius 2 is 1.82 bits per heavy atom. The summed E-state index contributed by atoms with van der Waals surface area (Å²) >= 11 is 13.4. The molecule has 3 rings (SSSR count). The zero-order valence-electron chi connectivity index (χ0n) is 15.0. The predicted molar refractivity (Wildman–Crippen MR) is 111 cm³/mol. The van der Waals surface area contributed by atoms with Gasteiger partial charge < -0.3 is 9.47 Å². The van der Waals surface area contributed by atoms with Crippen LogP contribution in [0.15, 0.2) is 36.4 Å². The Labute approximate surface area is 175 Å². The largest absolute Gasteiger partial charge is 0.497 e. The van der Waals surface area contributed by atoms with E-state index in [1.165, 1.54) is 11.3 Å². The fraction of sp³-hybridized carbons (Fsp3) is 0.158. The fourth-order valence-electron chi connectivity index (χ4n) is 2.39. The van der Waals surface area contributed by atoms with Gasteiger partial charge in [0.05, 0.1) is 12.1 Å². The van der Waals surface area contributed by atoms with Crippen molar-refractivity contribution in [2.45, 2.75) is 6.92 Å². The minimum absolute atomic E-state index is 0.265. The molecule has 2 amide bonds. The third-order valence-electron chi connectivity index (χ3n) is 3.86. The molecule has 0 saturated heterocycles. The molecule has 0 radical (unpaired) electrons. The van der Waals surface area contributed by atoms with Gasteiger partial charge in [0.1, 0.15) is 16.4 Å². The molecule has 0 atom stereocenters. The average Bonchev–Trinajstić information content (AvgIpc) is 3.03. The average molecular weight is 439 g/mol. The topological polar surface area (TPSA) is 76.7 Å². The summed E-state index contributed by atoms with van der Waals surface area (Å²) in [6, 6.07) is 10.4. The first-order valence-electron chi connectivity index (χ1n) is 8.13. The zero-order chi connectivity index (χ0) is 20.3. The number of benzene rings is 2. The molecule has 0 fully saturated rings. The third kappa shape index (κ3) is 4.49. The van der Waals surface area contributed by atoms with Gasteiger partial charge in [-0.1, -0.05) is 23.2 Å². The van der Waals surface area contributed by atoms with Crippen molar-refractivity contribution >= 4 is 56.4 Å². The van der Waals surface area contributed by atoms with Crippen LogP contribution in [0.4, 0.5) is 0 Å². The lowest BCUT2D eigenvalue weighted by molar-refractivity contribution is -0.123. The van der Waals surface area contributed by atoms with Gasteiger partial charge in [0.15, 0.2) is 6.61 Å². The van der Waals surface area contributed by atoms with Gasteiger partial charge in [-0.3, -0.25) is 20.4 Å². The SMILES string of the molecule is COc1ccc2c(Cl)c(C(=O)NNC(=O)COc3ccc(Cl)c(C)c3)sc2c1. The van der Waals surface area contributed by atoms with Crippen LogP contribution in [0.2, 0.25) is 10.0 Å². The maximum atomic E-state index is 12.4. The first kappa shape index (κ1) is 20.3. The number of ether oxygens (including phenoxy) is 2. The Balaban J connectivity index is 1.58. The lowest BCUT2D eigenvalue weighted by atomic mass is 10.2. The fourth-order valence-corrected chi connectivity index (χ4v) is 3.95. The van der Waals surface area contributed by atoms with Gasteiger partial charge in [0, 0.05) is 15.1 Å². The van der Waals surface area contributed by atoms with Crippen LogP contribution in [-0.4, -0.2) is 25.5 Å². The molecule has 0 aliphatic carbocycles. The number of hydrogen-bond acceptors (Lipinski definition) is 5. The number of amides is 2. The van der Waals surface area contributed by atoms with Crippen molar-refractivity contribution in [3.8, 4) is 11.5 Å². The van der Waals surface area contributed by atoms with Crippen LogP contribution in [0.25, 0.3) is 10.1 Å². The number of carbonyl (C=O) groups excluding carboxylic acids is 2. The first-order chi connectivity index (χ1) is 13.4. The van der Waals surface area contributed by atoms with Crippen LogP contribution in [0, 0.1) is 6.92 Å². The summed E-state index contributed by atoms with van der Waals surface area (Å²) < 4.78 is 11.4. The molecular weight excluding hydrogens is 423 g/mol. The van der Waals surface area contributed by atoms with Crippen LogP contribution < -0.4 is 20.3 Å². The summed E-state index contributed by atoms with van der Waals surface area (Å²) in [6.07, 6.45) is 0. The Hall–Kier alpha value is -2.48. The van der Waals surface area contributed by atoms with Gasteiger partial charge in [-0.05, 0) is 48.9 Å². The Bertz CT molecular complexity index is 1050. The molecule has 28 heavy (non-hydrogen) atoms. The molecule has 3 aromatic rings. The lowest BCUT2D eigenvalue weighted by Gasteiger charge is -2.09. The molecule has 9 heteroatoms. The first-order valence-corrected chi connectivity index (χ1v) is 9.70. The van der Waals surface area contributed by atoms with Gasteiger partial charge in [-0.25, -0.2) is 0 Å². The quantitative estimate of drug-likeness (QED) is 0.579. The second kappa shape index (κ2) is 8.68. The van der Waals surface area contributed by atoms with E-state index in [1.54, 1.807) is 43.5 Å². The highest BCUT2D eigenvalue weighted by molar-refractivity contribution is 7.21. The molecule has 0 bridgehead atoms. The molecule has 1 heterocycles. The summed E-state index contributed by atoms with van der Waals surface area (Å²) in [6.45, 7) is 1.57. The number of methoxy groups -OCH3 is 1. The minimum atomic E-state index is -0.514. The number of aryl methyl sites for hydroxylation is 1. The maximum absolute atomic E-state index is 12.4. The lowest BCUT2D eigenvalue weighted by Crippen LogP contribution is -2.43. The smallest absolute Gasteiger partial charge is 0.281 e. The van der Waals surface area contributed by atoms with Crippen molar-refractivity contribution < 1.29 is 19.1 Å². The van der Waals surface area contributed by atoms with E-state index in [4.69, 9.17) is 32.7 Å². The Morgan fingerprint density at radius 3 is 2.54 bits per heavy atom. The number of fused-ring (bicyclic) bond motifs is 1. The number of hydrazine groups is 1. The number of halogens is 2. The van der Waals surface area contributed by atoms with Gasteiger partial charge in [0.25, 0.3) is 11.8 Å². The number of thiophene rings is 1. The molecule has 146 valence electrons. The van der Waals surface area contributed by atoms with Gasteiger partial charge in [0.2, 0.25) is 0 Å². The number of rotatable bonds is 5. The highest BCUT2D eigenvalue weighted by atomic mass is 35.5. The molecule has 2 aromatic carbocycles. The summed E-state index contributed by atoms with van der Waals surface area (Å²) in [4.78, 5) is 24.6. The van der Waals surface area contributed by atoms with E-state index in [1.807, 2.05) is 6.92 Å². The maximum Gasteiger partial charge on any atom is 0.281 e. The Morgan fingerprint density at radius 1 is 1.07 bits per heavy atom. The second-order valence-electron chi connectivity index (χ2n) is 5.81. The van der Waals surface area contributed by atoms with Crippen LogP contribution in [0.5, 0.6) is 11.5 Å². The minimum Gasteiger partial charge on any atom is -0.497 e. The Kier molecular flexibility index (Phi) is 6.28. The molecular formula is C19H16Cl2N2O4S. The molecule has 0 aliphatic heterocycles. The van der Waals surface area contributed by atoms with Gasteiger partial charge in [-0.2, -0.15) is 0 Å². The predicted octanol–water partition coefficient (Wildman–Crippen LogP) is 4.37. The van der Waals surface area contributed by atoms with E-state index < -0.39 is 11.8 Å². The highest BCUT2D eigenvalue weighted by Crippen LogP contribution is 2.37. The molecule has 0 spiro atoms. The van der Waals surface area contributed by atoms with Crippen LogP contribution in [-0.2, 0) is 4.79 Å². The number of hydrogen-bond donors (Lipinski definition) is 2. The monoisotopic (exact) mass is 438 g/mol. The van der Waals surface area contributed by atoms with E-state index in [0.717, 1.165) is 15.6 Å². The van der Waals surface area contributed by atoms with Crippen molar-refractivity contribution in [2.24, 2.45) is 0 Å². The second-order valence-corrected chi connectivity index (χ2v) is 7.65.